The molecule has 0 aliphatic carbocycles. The van der Waals surface area contributed by atoms with Crippen molar-refractivity contribution in [3.63, 3.8) is 0 Å². The highest BCUT2D eigenvalue weighted by Crippen LogP contribution is 2.37. The van der Waals surface area contributed by atoms with Gasteiger partial charge in [-0.15, -0.1) is 11.3 Å². The fourth-order valence-electron chi connectivity index (χ4n) is 4.18. The third-order valence-corrected chi connectivity index (χ3v) is 7.17. The Kier molecular flexibility index (Phi) is 7.63. The van der Waals surface area contributed by atoms with Crippen molar-refractivity contribution in [2.24, 2.45) is 0 Å². The molecule has 35 heavy (non-hydrogen) atoms. The summed E-state index contributed by atoms with van der Waals surface area (Å²) >= 11 is 1.36. The number of rotatable bonds is 8. The fraction of sp³-hybridized carbons (Fsp3) is 0.308. The number of fused-ring (bicyclic) bond motifs is 1. The number of carbonyl (C=O) groups is 2. The number of amides is 2. The van der Waals surface area contributed by atoms with Crippen LogP contribution in [0.15, 0.2) is 42.7 Å². The lowest BCUT2D eigenvalue weighted by molar-refractivity contribution is -0.132. The highest BCUT2D eigenvalue weighted by Gasteiger charge is 2.27. The molecule has 1 aromatic carbocycles. The molecule has 1 aliphatic heterocycles. The van der Waals surface area contributed by atoms with Crippen molar-refractivity contribution >= 4 is 28.2 Å². The van der Waals surface area contributed by atoms with E-state index < -0.39 is 0 Å². The average Bonchev–Trinajstić information content (AvgIpc) is 3.22. The summed E-state index contributed by atoms with van der Waals surface area (Å²) in [6.07, 6.45) is 5.66. The van der Waals surface area contributed by atoms with Crippen molar-refractivity contribution in [2.45, 2.75) is 38.6 Å². The number of aromatic hydroxyl groups is 1. The molecule has 4 rings (SSSR count). The van der Waals surface area contributed by atoms with Gasteiger partial charge in [-0.05, 0) is 66.3 Å². The number of carbonyl (C=O) groups excluding carboxylic acids is 2. The van der Waals surface area contributed by atoms with Crippen LogP contribution in [0.2, 0.25) is 0 Å². The van der Waals surface area contributed by atoms with Gasteiger partial charge in [-0.2, -0.15) is 5.26 Å². The molecule has 0 spiro atoms. The lowest BCUT2D eigenvalue weighted by Gasteiger charge is -2.27. The predicted molar refractivity (Wildman–Crippen MR) is 132 cm³/mol. The number of hydrogen-bond acceptors (Lipinski definition) is 7. The van der Waals surface area contributed by atoms with Crippen LogP contribution < -0.4 is 10.1 Å². The molecule has 2 amide bonds. The number of thiophene rings is 1. The molecule has 180 valence electrons. The van der Waals surface area contributed by atoms with E-state index in [1.165, 1.54) is 17.4 Å². The number of nitrogens with zero attached hydrogens (tertiary/aromatic N) is 3. The molecular weight excluding hydrogens is 464 g/mol. The summed E-state index contributed by atoms with van der Waals surface area (Å²) < 4.78 is 5.30. The summed E-state index contributed by atoms with van der Waals surface area (Å²) in [4.78, 5) is 32.2. The number of phenolic OH excluding ortho intramolecular Hbond substituents is 1. The number of aromatic nitrogens is 1. The molecule has 1 aliphatic rings. The van der Waals surface area contributed by atoms with E-state index in [0.717, 1.165) is 21.6 Å². The summed E-state index contributed by atoms with van der Waals surface area (Å²) in [5.41, 5.74) is 3.20. The van der Waals surface area contributed by atoms with Crippen LogP contribution >= 0.6 is 11.3 Å². The lowest BCUT2D eigenvalue weighted by atomic mass is 10.0. The highest BCUT2D eigenvalue weighted by molar-refractivity contribution is 7.16. The molecule has 0 atom stereocenters. The summed E-state index contributed by atoms with van der Waals surface area (Å²) in [7, 11) is 1.54. The number of hydrogen-bond donors (Lipinski definition) is 2. The molecule has 0 saturated heterocycles. The number of nitriles is 1. The minimum absolute atomic E-state index is 0.0741. The largest absolute Gasteiger partial charge is 0.508 e. The van der Waals surface area contributed by atoms with Gasteiger partial charge >= 0.3 is 0 Å². The van der Waals surface area contributed by atoms with Gasteiger partial charge in [0, 0.05) is 36.7 Å². The normalized spacial score (nSPS) is 12.5. The van der Waals surface area contributed by atoms with Gasteiger partial charge in [0.1, 0.15) is 22.6 Å². The first-order chi connectivity index (χ1) is 17.0. The maximum atomic E-state index is 12.8. The Balaban J connectivity index is 1.38. The first kappa shape index (κ1) is 24.2. The summed E-state index contributed by atoms with van der Waals surface area (Å²) in [6.45, 7) is 0.999. The quantitative estimate of drug-likeness (QED) is 0.496. The van der Waals surface area contributed by atoms with E-state index in [9.17, 15) is 20.0 Å². The van der Waals surface area contributed by atoms with Crippen LogP contribution in [-0.4, -0.2) is 40.5 Å². The minimum Gasteiger partial charge on any atom is -0.508 e. The number of ether oxygens (including phenoxy) is 1. The first-order valence-electron chi connectivity index (χ1n) is 11.4. The van der Waals surface area contributed by atoms with Crippen LogP contribution in [0.4, 0.5) is 5.00 Å². The summed E-state index contributed by atoms with van der Waals surface area (Å²) in [6, 6.07) is 10.8. The molecule has 0 bridgehead atoms. The Labute approximate surface area is 207 Å². The number of anilines is 1. The molecule has 3 aromatic rings. The second-order valence-corrected chi connectivity index (χ2v) is 9.39. The van der Waals surface area contributed by atoms with Gasteiger partial charge in [-0.25, -0.2) is 0 Å². The van der Waals surface area contributed by atoms with Crippen molar-refractivity contribution in [1.82, 2.24) is 9.88 Å². The topological polar surface area (TPSA) is 116 Å². The molecule has 0 radical (unpaired) electrons. The molecule has 3 heterocycles. The van der Waals surface area contributed by atoms with Crippen molar-refractivity contribution in [2.75, 3.05) is 19.0 Å². The molecule has 0 saturated carbocycles. The van der Waals surface area contributed by atoms with Gasteiger partial charge in [0.05, 0.1) is 19.2 Å². The van der Waals surface area contributed by atoms with Gasteiger partial charge in [0.25, 0.3) is 0 Å². The van der Waals surface area contributed by atoms with Crippen LogP contribution in [0.3, 0.4) is 0 Å². The number of methoxy groups -OCH3 is 1. The third-order valence-electron chi connectivity index (χ3n) is 6.04. The van der Waals surface area contributed by atoms with Gasteiger partial charge in [-0.1, -0.05) is 0 Å². The molecule has 9 heteroatoms. The predicted octanol–water partition coefficient (Wildman–Crippen LogP) is 3.82. The monoisotopic (exact) mass is 490 g/mol. The molecular formula is C26H26N4O4S. The average molecular weight is 491 g/mol. The van der Waals surface area contributed by atoms with Gasteiger partial charge in [0.15, 0.2) is 0 Å². The first-order valence-corrected chi connectivity index (χ1v) is 12.2. The zero-order valence-corrected chi connectivity index (χ0v) is 20.2. The van der Waals surface area contributed by atoms with E-state index in [-0.39, 0.29) is 24.0 Å². The number of aryl methyl sites for hydroxylation is 2. The number of pyridine rings is 1. The standard InChI is InChI=1S/C26H26N4O4S/c1-34-22-5-4-19(31)14-18(22)3-6-24(32)29-26-21(15-27)20-10-13-30(16-23(20)35-26)25(33)7-2-17-8-11-28-12-9-17/h4-5,8-9,11-12,14,31H,2-3,6-7,10,13,16H2,1H3,(H,29,32). The van der Waals surface area contributed by atoms with Crippen LogP contribution in [0.25, 0.3) is 0 Å². The molecule has 2 N–H and O–H groups in total. The van der Waals surface area contributed by atoms with Crippen LogP contribution in [0, 0.1) is 11.3 Å². The Morgan fingerprint density at radius 3 is 2.77 bits per heavy atom. The van der Waals surface area contributed by atoms with Crippen molar-refractivity contribution in [3.8, 4) is 17.6 Å². The van der Waals surface area contributed by atoms with Gasteiger partial charge in [-0.3, -0.25) is 14.6 Å². The zero-order valence-electron chi connectivity index (χ0n) is 19.4. The lowest BCUT2D eigenvalue weighted by Crippen LogP contribution is -2.35. The van der Waals surface area contributed by atoms with E-state index >= 15 is 0 Å². The zero-order chi connectivity index (χ0) is 24.8. The number of nitrogens with one attached hydrogen (secondary N) is 1. The maximum absolute atomic E-state index is 12.8. The van der Waals surface area contributed by atoms with Crippen molar-refractivity contribution in [1.29, 1.82) is 5.26 Å². The summed E-state index contributed by atoms with van der Waals surface area (Å²) in [5, 5.41) is 22.9. The SMILES string of the molecule is COc1ccc(O)cc1CCC(=O)Nc1sc2c(c1C#N)CCN(C(=O)CCc1ccncc1)C2. The van der Waals surface area contributed by atoms with Crippen LogP contribution in [-0.2, 0) is 35.4 Å². The molecule has 0 unspecified atom stereocenters. The second kappa shape index (κ2) is 11.0. The molecule has 8 nitrogen and oxygen atoms in total. The van der Waals surface area contributed by atoms with E-state index in [0.29, 0.717) is 55.1 Å². The van der Waals surface area contributed by atoms with Gasteiger partial charge in [0.2, 0.25) is 11.8 Å². The van der Waals surface area contributed by atoms with E-state index in [4.69, 9.17) is 4.74 Å². The number of phenols is 1. The van der Waals surface area contributed by atoms with Crippen LogP contribution in [0.1, 0.15) is 40.0 Å². The van der Waals surface area contributed by atoms with Crippen LogP contribution in [0.5, 0.6) is 11.5 Å². The Hall–Kier alpha value is -3.90. The highest BCUT2D eigenvalue weighted by atomic mass is 32.1. The fourth-order valence-corrected chi connectivity index (χ4v) is 5.41. The molecule has 2 aromatic heterocycles. The van der Waals surface area contributed by atoms with Crippen molar-refractivity contribution in [3.05, 3.63) is 69.9 Å². The smallest absolute Gasteiger partial charge is 0.225 e. The van der Waals surface area contributed by atoms with Crippen molar-refractivity contribution < 1.29 is 19.4 Å². The summed E-state index contributed by atoms with van der Waals surface area (Å²) in [5.74, 6) is 0.563. The maximum Gasteiger partial charge on any atom is 0.225 e. The Morgan fingerprint density at radius 2 is 2.03 bits per heavy atom. The number of benzene rings is 1. The van der Waals surface area contributed by atoms with E-state index in [1.807, 2.05) is 17.0 Å². The van der Waals surface area contributed by atoms with E-state index in [2.05, 4.69) is 16.4 Å². The Morgan fingerprint density at radius 1 is 1.23 bits per heavy atom. The third kappa shape index (κ3) is 5.78. The molecule has 0 fully saturated rings. The van der Waals surface area contributed by atoms with E-state index in [1.54, 1.807) is 31.6 Å². The van der Waals surface area contributed by atoms with Gasteiger partial charge < -0.3 is 20.1 Å². The second-order valence-electron chi connectivity index (χ2n) is 8.28. The minimum atomic E-state index is -0.226. The Bertz CT molecular complexity index is 1270.